The molecule has 1 aromatic carbocycles. The lowest BCUT2D eigenvalue weighted by atomic mass is 10.2. The van der Waals surface area contributed by atoms with Crippen LogP contribution in [-0.4, -0.2) is 13.7 Å². The molecule has 82 valence electrons. The Balaban J connectivity index is 1.92. The summed E-state index contributed by atoms with van der Waals surface area (Å²) in [5, 5.41) is 3.26. The third kappa shape index (κ3) is 2.93. The van der Waals surface area contributed by atoms with Crippen LogP contribution in [0.1, 0.15) is 18.4 Å². The monoisotopic (exact) mass is 209 g/mol. The molecule has 3 heteroatoms. The van der Waals surface area contributed by atoms with Crippen LogP contribution in [0.5, 0.6) is 5.75 Å². The fraction of sp³-hybridized carbons (Fsp3) is 0.500. The fourth-order valence-corrected chi connectivity index (χ4v) is 1.55. The van der Waals surface area contributed by atoms with Gasteiger partial charge in [0.1, 0.15) is 11.6 Å². The molecule has 2 nitrogen and oxygen atoms in total. The largest absolute Gasteiger partial charge is 0.497 e. The van der Waals surface area contributed by atoms with E-state index in [0.717, 1.165) is 12.5 Å². The number of ether oxygens (including phenoxy) is 1. The van der Waals surface area contributed by atoms with Gasteiger partial charge in [0.25, 0.3) is 0 Å². The van der Waals surface area contributed by atoms with Crippen molar-refractivity contribution in [1.29, 1.82) is 0 Å². The summed E-state index contributed by atoms with van der Waals surface area (Å²) in [4.78, 5) is 0. The van der Waals surface area contributed by atoms with Crippen molar-refractivity contribution >= 4 is 0 Å². The van der Waals surface area contributed by atoms with E-state index in [1.807, 2.05) is 0 Å². The highest BCUT2D eigenvalue weighted by molar-refractivity contribution is 5.29. The molecule has 0 heterocycles. The quantitative estimate of drug-likeness (QED) is 0.803. The maximum Gasteiger partial charge on any atom is 0.127 e. The molecule has 1 aromatic rings. The van der Waals surface area contributed by atoms with Crippen LogP contribution < -0.4 is 10.1 Å². The second kappa shape index (κ2) is 4.62. The molecule has 1 fully saturated rings. The zero-order valence-electron chi connectivity index (χ0n) is 8.92. The van der Waals surface area contributed by atoms with Crippen molar-refractivity contribution in [2.45, 2.75) is 19.4 Å². The minimum absolute atomic E-state index is 0.168. The molecule has 0 saturated heterocycles. The van der Waals surface area contributed by atoms with Gasteiger partial charge in [0.05, 0.1) is 7.11 Å². The number of nitrogens with one attached hydrogen (secondary N) is 1. The number of benzene rings is 1. The van der Waals surface area contributed by atoms with Gasteiger partial charge in [-0.3, -0.25) is 0 Å². The Hall–Kier alpha value is -1.09. The predicted octanol–water partition coefficient (Wildman–Crippen LogP) is 2.33. The minimum Gasteiger partial charge on any atom is -0.497 e. The molecule has 0 aromatic heterocycles. The Morgan fingerprint density at radius 1 is 1.47 bits per heavy atom. The summed E-state index contributed by atoms with van der Waals surface area (Å²) in [5.41, 5.74) is 0.676. The summed E-state index contributed by atoms with van der Waals surface area (Å²) in [6.07, 6.45) is 2.63. The van der Waals surface area contributed by atoms with Gasteiger partial charge in [0.15, 0.2) is 0 Å². The Bertz CT molecular complexity index is 336. The Morgan fingerprint density at radius 3 is 2.93 bits per heavy atom. The molecule has 0 aliphatic heterocycles. The van der Waals surface area contributed by atoms with E-state index in [1.54, 1.807) is 19.2 Å². The summed E-state index contributed by atoms with van der Waals surface area (Å²) < 4.78 is 18.4. The standard InChI is InChI=1S/C12H16FNO/c1-15-11-4-5-12(13)10(6-11)8-14-7-9-2-3-9/h4-6,9,14H,2-3,7-8H2,1H3. The van der Waals surface area contributed by atoms with Gasteiger partial charge in [-0.15, -0.1) is 0 Å². The van der Waals surface area contributed by atoms with E-state index in [4.69, 9.17) is 4.74 Å². The average molecular weight is 209 g/mol. The van der Waals surface area contributed by atoms with Gasteiger partial charge in [0.2, 0.25) is 0 Å². The Kier molecular flexibility index (Phi) is 3.21. The average Bonchev–Trinajstić information content (AvgIpc) is 3.05. The number of hydrogen-bond acceptors (Lipinski definition) is 2. The zero-order chi connectivity index (χ0) is 10.7. The molecule has 0 unspecified atom stereocenters. The van der Waals surface area contributed by atoms with Gasteiger partial charge in [-0.2, -0.15) is 0 Å². The molecule has 1 aliphatic rings. The van der Waals surface area contributed by atoms with Crippen LogP contribution in [0, 0.1) is 11.7 Å². The Morgan fingerprint density at radius 2 is 2.27 bits per heavy atom. The SMILES string of the molecule is COc1ccc(F)c(CNCC2CC2)c1. The van der Waals surface area contributed by atoms with E-state index in [0.29, 0.717) is 17.9 Å². The summed E-state index contributed by atoms with van der Waals surface area (Å²) in [5.74, 6) is 1.36. The maximum absolute atomic E-state index is 13.4. The van der Waals surface area contributed by atoms with Crippen molar-refractivity contribution in [1.82, 2.24) is 5.32 Å². The highest BCUT2D eigenvalue weighted by Gasteiger charge is 2.20. The van der Waals surface area contributed by atoms with Gasteiger partial charge < -0.3 is 10.1 Å². The van der Waals surface area contributed by atoms with Gasteiger partial charge in [-0.1, -0.05) is 0 Å². The lowest BCUT2D eigenvalue weighted by Crippen LogP contribution is -2.16. The second-order valence-electron chi connectivity index (χ2n) is 4.03. The van der Waals surface area contributed by atoms with Crippen molar-refractivity contribution < 1.29 is 9.13 Å². The maximum atomic E-state index is 13.4. The molecular formula is C12H16FNO. The normalized spacial score (nSPS) is 15.3. The Labute approximate surface area is 89.4 Å². The third-order valence-corrected chi connectivity index (χ3v) is 2.70. The van der Waals surface area contributed by atoms with E-state index < -0.39 is 0 Å². The molecule has 15 heavy (non-hydrogen) atoms. The fourth-order valence-electron chi connectivity index (χ4n) is 1.55. The predicted molar refractivity (Wildman–Crippen MR) is 57.4 cm³/mol. The van der Waals surface area contributed by atoms with E-state index in [-0.39, 0.29) is 5.82 Å². The first-order valence-corrected chi connectivity index (χ1v) is 5.32. The molecule has 1 saturated carbocycles. The first-order valence-electron chi connectivity index (χ1n) is 5.32. The van der Waals surface area contributed by atoms with Gasteiger partial charge in [-0.25, -0.2) is 4.39 Å². The van der Waals surface area contributed by atoms with E-state index >= 15 is 0 Å². The van der Waals surface area contributed by atoms with E-state index in [1.165, 1.54) is 18.9 Å². The van der Waals surface area contributed by atoms with Crippen molar-refractivity contribution in [2.75, 3.05) is 13.7 Å². The molecule has 1 aliphatic carbocycles. The summed E-state index contributed by atoms with van der Waals surface area (Å²) in [7, 11) is 1.59. The summed E-state index contributed by atoms with van der Waals surface area (Å²) >= 11 is 0. The van der Waals surface area contributed by atoms with Crippen LogP contribution in [0.25, 0.3) is 0 Å². The lowest BCUT2D eigenvalue weighted by molar-refractivity contribution is 0.412. The number of methoxy groups -OCH3 is 1. The molecular weight excluding hydrogens is 193 g/mol. The van der Waals surface area contributed by atoms with Gasteiger partial charge >= 0.3 is 0 Å². The molecule has 0 bridgehead atoms. The number of halogens is 1. The van der Waals surface area contributed by atoms with Crippen LogP contribution in [0.2, 0.25) is 0 Å². The number of hydrogen-bond donors (Lipinski definition) is 1. The molecule has 0 amide bonds. The summed E-state index contributed by atoms with van der Waals surface area (Å²) in [6.45, 7) is 1.58. The van der Waals surface area contributed by atoms with E-state index in [9.17, 15) is 4.39 Å². The van der Waals surface area contributed by atoms with Crippen molar-refractivity contribution in [3.05, 3.63) is 29.6 Å². The highest BCUT2D eigenvalue weighted by Crippen LogP contribution is 2.27. The van der Waals surface area contributed by atoms with Crippen LogP contribution in [0.3, 0.4) is 0 Å². The zero-order valence-corrected chi connectivity index (χ0v) is 8.92. The molecule has 0 spiro atoms. The molecule has 1 N–H and O–H groups in total. The van der Waals surface area contributed by atoms with Crippen LogP contribution in [0.4, 0.5) is 4.39 Å². The van der Waals surface area contributed by atoms with Crippen LogP contribution in [-0.2, 0) is 6.54 Å². The van der Waals surface area contributed by atoms with Crippen LogP contribution in [0.15, 0.2) is 18.2 Å². The van der Waals surface area contributed by atoms with E-state index in [2.05, 4.69) is 5.32 Å². The smallest absolute Gasteiger partial charge is 0.127 e. The number of rotatable bonds is 5. The molecule has 0 radical (unpaired) electrons. The first-order chi connectivity index (χ1) is 7.29. The topological polar surface area (TPSA) is 21.3 Å². The van der Waals surface area contributed by atoms with Crippen molar-refractivity contribution in [3.8, 4) is 5.75 Å². The highest BCUT2D eigenvalue weighted by atomic mass is 19.1. The summed E-state index contributed by atoms with van der Waals surface area (Å²) in [6, 6.07) is 4.84. The second-order valence-corrected chi connectivity index (χ2v) is 4.03. The van der Waals surface area contributed by atoms with Gasteiger partial charge in [0, 0.05) is 12.1 Å². The minimum atomic E-state index is -0.168. The van der Waals surface area contributed by atoms with Crippen molar-refractivity contribution in [2.24, 2.45) is 5.92 Å². The first kappa shape index (κ1) is 10.4. The van der Waals surface area contributed by atoms with Crippen LogP contribution >= 0.6 is 0 Å². The molecule has 0 atom stereocenters. The molecule has 2 rings (SSSR count). The van der Waals surface area contributed by atoms with Gasteiger partial charge in [-0.05, 0) is 43.5 Å². The third-order valence-electron chi connectivity index (χ3n) is 2.70. The van der Waals surface area contributed by atoms with Crippen molar-refractivity contribution in [3.63, 3.8) is 0 Å². The lowest BCUT2D eigenvalue weighted by Gasteiger charge is -2.07.